The van der Waals surface area contributed by atoms with Crippen LogP contribution in [0.3, 0.4) is 0 Å². The van der Waals surface area contributed by atoms with Gasteiger partial charge in [0.2, 0.25) is 0 Å². The molecule has 2 N–H and O–H groups in total. The molecule has 0 fully saturated rings. The van der Waals surface area contributed by atoms with Crippen molar-refractivity contribution in [1.29, 1.82) is 0 Å². The van der Waals surface area contributed by atoms with E-state index in [9.17, 15) is 14.9 Å². The molecule has 0 radical (unpaired) electrons. The van der Waals surface area contributed by atoms with Gasteiger partial charge in [-0.05, 0) is 36.5 Å². The number of nitrogens with zero attached hydrogens (tertiary/aromatic N) is 1. The Bertz CT molecular complexity index is 861. The second kappa shape index (κ2) is 8.11. The van der Waals surface area contributed by atoms with Gasteiger partial charge in [0.15, 0.2) is 10.9 Å². The number of amides is 1. The summed E-state index contributed by atoms with van der Waals surface area (Å²) in [5, 5.41) is 16.7. The lowest BCUT2D eigenvalue weighted by atomic mass is 10.2. The molecule has 25 heavy (non-hydrogen) atoms. The van der Waals surface area contributed by atoms with E-state index < -0.39 is 10.8 Å². The highest BCUT2D eigenvalue weighted by atomic mass is 35.5. The standard InChI is InChI=1S/C15H11Cl2N3O4S/c1-24-12-6-5-8(7-11(12)20(22)23)14(21)19-15(25)18-10-4-2-3-9(16)13(10)17/h2-7H,1H3,(H2,18,19,21,25). The third kappa shape index (κ3) is 4.56. The molecule has 0 heterocycles. The largest absolute Gasteiger partial charge is 0.490 e. The van der Waals surface area contributed by atoms with Crippen molar-refractivity contribution >= 4 is 57.8 Å². The van der Waals surface area contributed by atoms with Gasteiger partial charge in [-0.3, -0.25) is 20.2 Å². The number of carbonyl (C=O) groups excluding carboxylic acids is 1. The number of anilines is 1. The Morgan fingerprint density at radius 1 is 1.28 bits per heavy atom. The molecule has 0 aliphatic rings. The molecule has 2 aromatic rings. The van der Waals surface area contributed by atoms with E-state index in [4.69, 9.17) is 40.2 Å². The molecular formula is C15H11Cl2N3O4S. The van der Waals surface area contributed by atoms with Crippen LogP contribution in [0.1, 0.15) is 10.4 Å². The van der Waals surface area contributed by atoms with Gasteiger partial charge < -0.3 is 10.1 Å². The van der Waals surface area contributed by atoms with E-state index in [-0.39, 0.29) is 27.1 Å². The Morgan fingerprint density at radius 2 is 2.00 bits per heavy atom. The molecule has 0 spiro atoms. The summed E-state index contributed by atoms with van der Waals surface area (Å²) in [5.41, 5.74) is 0.140. The van der Waals surface area contributed by atoms with Gasteiger partial charge in [0.25, 0.3) is 5.91 Å². The van der Waals surface area contributed by atoms with Crippen LogP contribution in [0.5, 0.6) is 5.75 Å². The number of methoxy groups -OCH3 is 1. The summed E-state index contributed by atoms with van der Waals surface area (Å²) < 4.78 is 4.89. The van der Waals surface area contributed by atoms with Crippen LogP contribution in [0.25, 0.3) is 0 Å². The molecule has 130 valence electrons. The lowest BCUT2D eigenvalue weighted by molar-refractivity contribution is -0.385. The Balaban J connectivity index is 2.14. The summed E-state index contributed by atoms with van der Waals surface area (Å²) >= 11 is 17.0. The lowest BCUT2D eigenvalue weighted by Gasteiger charge is -2.11. The Hall–Kier alpha value is -2.42. The van der Waals surface area contributed by atoms with Gasteiger partial charge >= 0.3 is 5.69 Å². The van der Waals surface area contributed by atoms with Crippen molar-refractivity contribution in [3.05, 3.63) is 62.1 Å². The third-order valence-corrected chi connectivity index (χ3v) is 4.09. The SMILES string of the molecule is COc1ccc(C(=O)NC(=S)Nc2cccc(Cl)c2Cl)cc1[N+](=O)[O-]. The fourth-order valence-corrected chi connectivity index (χ4v) is 2.45. The van der Waals surface area contributed by atoms with Crippen LogP contribution in [0.4, 0.5) is 11.4 Å². The fourth-order valence-electron chi connectivity index (χ4n) is 1.90. The Morgan fingerprint density at radius 3 is 2.64 bits per heavy atom. The van der Waals surface area contributed by atoms with Crippen molar-refractivity contribution in [3.63, 3.8) is 0 Å². The number of nitro benzene ring substituents is 1. The zero-order chi connectivity index (χ0) is 18.6. The van der Waals surface area contributed by atoms with Crippen molar-refractivity contribution in [2.45, 2.75) is 0 Å². The monoisotopic (exact) mass is 399 g/mol. The van der Waals surface area contributed by atoms with Crippen LogP contribution in [0.15, 0.2) is 36.4 Å². The minimum Gasteiger partial charge on any atom is -0.490 e. The second-order valence-electron chi connectivity index (χ2n) is 4.65. The van der Waals surface area contributed by atoms with Gasteiger partial charge in [-0.25, -0.2) is 0 Å². The summed E-state index contributed by atoms with van der Waals surface area (Å²) in [7, 11) is 1.30. The minimum atomic E-state index is -0.641. The zero-order valence-corrected chi connectivity index (χ0v) is 15.0. The first kappa shape index (κ1) is 18.9. The summed E-state index contributed by atoms with van der Waals surface area (Å²) in [6, 6.07) is 8.71. The van der Waals surface area contributed by atoms with E-state index in [0.717, 1.165) is 6.07 Å². The summed E-state index contributed by atoms with van der Waals surface area (Å²) in [5.74, 6) is -0.575. The van der Waals surface area contributed by atoms with E-state index in [0.29, 0.717) is 10.7 Å². The molecule has 7 nitrogen and oxygen atoms in total. The van der Waals surface area contributed by atoms with Crippen molar-refractivity contribution in [3.8, 4) is 5.75 Å². The number of nitro groups is 1. The molecule has 2 aromatic carbocycles. The molecule has 0 atom stereocenters. The summed E-state index contributed by atoms with van der Waals surface area (Å²) in [6.45, 7) is 0. The molecule has 0 bridgehead atoms. The molecule has 10 heteroatoms. The van der Waals surface area contributed by atoms with Gasteiger partial charge in [-0.1, -0.05) is 29.3 Å². The van der Waals surface area contributed by atoms with Crippen molar-refractivity contribution in [1.82, 2.24) is 5.32 Å². The van der Waals surface area contributed by atoms with Crippen LogP contribution in [-0.2, 0) is 0 Å². The number of ether oxygens (including phenoxy) is 1. The molecule has 0 unspecified atom stereocenters. The molecule has 2 rings (SSSR count). The van der Waals surface area contributed by atoms with Gasteiger partial charge in [0, 0.05) is 11.6 Å². The molecule has 0 aliphatic carbocycles. The molecule has 0 aliphatic heterocycles. The van der Waals surface area contributed by atoms with Crippen LogP contribution in [-0.4, -0.2) is 23.1 Å². The summed E-state index contributed by atoms with van der Waals surface area (Å²) in [4.78, 5) is 22.6. The Labute approximate surface area is 158 Å². The van der Waals surface area contributed by atoms with E-state index >= 15 is 0 Å². The fraction of sp³-hybridized carbons (Fsp3) is 0.0667. The van der Waals surface area contributed by atoms with Crippen LogP contribution in [0.2, 0.25) is 10.0 Å². The number of hydrogen-bond acceptors (Lipinski definition) is 5. The lowest BCUT2D eigenvalue weighted by Crippen LogP contribution is -2.34. The van der Waals surface area contributed by atoms with E-state index in [1.54, 1.807) is 18.2 Å². The average molecular weight is 400 g/mol. The quantitative estimate of drug-likeness (QED) is 0.457. The van der Waals surface area contributed by atoms with Gasteiger partial charge in [-0.15, -0.1) is 0 Å². The second-order valence-corrected chi connectivity index (χ2v) is 5.85. The maximum Gasteiger partial charge on any atom is 0.311 e. The van der Waals surface area contributed by atoms with Crippen LogP contribution < -0.4 is 15.4 Å². The number of thiocarbonyl (C=S) groups is 1. The average Bonchev–Trinajstić information content (AvgIpc) is 2.58. The first-order valence-corrected chi connectivity index (χ1v) is 7.88. The van der Waals surface area contributed by atoms with Gasteiger partial charge in [0.05, 0.1) is 27.8 Å². The van der Waals surface area contributed by atoms with Gasteiger partial charge in [-0.2, -0.15) is 0 Å². The van der Waals surface area contributed by atoms with Crippen molar-refractivity contribution in [2.24, 2.45) is 0 Å². The molecule has 0 saturated carbocycles. The molecular weight excluding hydrogens is 389 g/mol. The zero-order valence-electron chi connectivity index (χ0n) is 12.7. The number of rotatable bonds is 4. The highest BCUT2D eigenvalue weighted by molar-refractivity contribution is 7.80. The van der Waals surface area contributed by atoms with Crippen molar-refractivity contribution in [2.75, 3.05) is 12.4 Å². The number of benzene rings is 2. The number of carbonyl (C=O) groups is 1. The maximum atomic E-state index is 12.2. The number of nitrogens with one attached hydrogen (secondary N) is 2. The minimum absolute atomic E-state index is 0.0346. The maximum absolute atomic E-state index is 12.2. The molecule has 1 amide bonds. The molecule has 0 aromatic heterocycles. The van der Waals surface area contributed by atoms with E-state index in [1.807, 2.05) is 0 Å². The normalized spacial score (nSPS) is 10.0. The predicted molar refractivity (Wildman–Crippen MR) is 99.8 cm³/mol. The smallest absolute Gasteiger partial charge is 0.311 e. The topological polar surface area (TPSA) is 93.5 Å². The third-order valence-electron chi connectivity index (χ3n) is 3.06. The first-order chi connectivity index (χ1) is 11.8. The van der Waals surface area contributed by atoms with Crippen LogP contribution >= 0.6 is 35.4 Å². The first-order valence-electron chi connectivity index (χ1n) is 6.72. The highest BCUT2D eigenvalue weighted by Crippen LogP contribution is 2.30. The predicted octanol–water partition coefficient (Wildman–Crippen LogP) is 4.04. The highest BCUT2D eigenvalue weighted by Gasteiger charge is 2.19. The Kier molecular flexibility index (Phi) is 6.13. The molecule has 0 saturated heterocycles. The van der Waals surface area contributed by atoms with Crippen LogP contribution in [0, 0.1) is 10.1 Å². The number of hydrogen-bond donors (Lipinski definition) is 2. The number of halogens is 2. The van der Waals surface area contributed by atoms with E-state index in [2.05, 4.69) is 10.6 Å². The summed E-state index contributed by atoms with van der Waals surface area (Å²) in [6.07, 6.45) is 0. The van der Waals surface area contributed by atoms with Gasteiger partial charge in [0.1, 0.15) is 0 Å². The van der Waals surface area contributed by atoms with Crippen molar-refractivity contribution < 1.29 is 14.5 Å². The van der Waals surface area contributed by atoms with E-state index in [1.165, 1.54) is 19.2 Å².